The van der Waals surface area contributed by atoms with Crippen molar-refractivity contribution in [1.82, 2.24) is 10.2 Å². The third-order valence-corrected chi connectivity index (χ3v) is 4.99. The predicted octanol–water partition coefficient (Wildman–Crippen LogP) is 3.15. The number of nitrogens with one attached hydrogen (secondary N) is 1. The number of rotatable bonds is 7. The molecule has 0 spiro atoms. The zero-order chi connectivity index (χ0) is 13.5. The Hall–Kier alpha value is -0.450. The van der Waals surface area contributed by atoms with Crippen LogP contribution in [0.4, 0.5) is 0 Å². The maximum Gasteiger partial charge on any atom is 0.122 e. The Morgan fingerprint density at radius 1 is 1.37 bits per heavy atom. The number of hydrogen-bond donors (Lipinski definition) is 1. The SMILES string of the molecule is CCN(CC)C(CNC1CCSCC1)c1ccco1. The second kappa shape index (κ2) is 7.98. The predicted molar refractivity (Wildman–Crippen MR) is 82.7 cm³/mol. The summed E-state index contributed by atoms with van der Waals surface area (Å²) in [5, 5.41) is 3.74. The van der Waals surface area contributed by atoms with Gasteiger partial charge in [-0.15, -0.1) is 0 Å². The first-order valence-corrected chi connectivity index (χ1v) is 8.59. The van der Waals surface area contributed by atoms with Crippen molar-refractivity contribution in [2.45, 2.75) is 38.8 Å². The van der Waals surface area contributed by atoms with Crippen molar-refractivity contribution in [3.8, 4) is 0 Å². The Kier molecular flexibility index (Phi) is 6.28. The minimum Gasteiger partial charge on any atom is -0.468 e. The molecule has 1 aliphatic rings. The number of likely N-dealkylation sites (N-methyl/N-ethyl adjacent to an activating group) is 1. The fourth-order valence-corrected chi connectivity index (χ4v) is 3.84. The second-order valence-electron chi connectivity index (χ2n) is 5.05. The minimum atomic E-state index is 0.361. The van der Waals surface area contributed by atoms with Crippen LogP contribution in [0.1, 0.15) is 38.5 Å². The summed E-state index contributed by atoms with van der Waals surface area (Å²) >= 11 is 2.08. The van der Waals surface area contributed by atoms with Crippen LogP contribution in [-0.2, 0) is 0 Å². The van der Waals surface area contributed by atoms with E-state index in [4.69, 9.17) is 4.42 Å². The summed E-state index contributed by atoms with van der Waals surface area (Å²) in [4.78, 5) is 2.46. The lowest BCUT2D eigenvalue weighted by Gasteiger charge is -2.31. The average molecular weight is 282 g/mol. The third kappa shape index (κ3) is 4.26. The fraction of sp³-hybridized carbons (Fsp3) is 0.733. The summed E-state index contributed by atoms with van der Waals surface area (Å²) in [5.41, 5.74) is 0. The van der Waals surface area contributed by atoms with E-state index in [-0.39, 0.29) is 0 Å². The summed E-state index contributed by atoms with van der Waals surface area (Å²) in [7, 11) is 0. The number of hydrogen-bond acceptors (Lipinski definition) is 4. The molecule has 0 aromatic carbocycles. The Balaban J connectivity index is 1.93. The quantitative estimate of drug-likeness (QED) is 0.831. The van der Waals surface area contributed by atoms with Crippen LogP contribution in [0.15, 0.2) is 22.8 Å². The molecule has 4 heteroatoms. The molecule has 19 heavy (non-hydrogen) atoms. The molecule has 1 fully saturated rings. The van der Waals surface area contributed by atoms with Gasteiger partial charge in [0.25, 0.3) is 0 Å². The van der Waals surface area contributed by atoms with E-state index in [0.717, 1.165) is 25.4 Å². The summed E-state index contributed by atoms with van der Waals surface area (Å²) in [5.74, 6) is 3.68. The maximum atomic E-state index is 5.63. The molecular formula is C15H26N2OS. The zero-order valence-corrected chi connectivity index (χ0v) is 12.9. The van der Waals surface area contributed by atoms with Crippen molar-refractivity contribution in [3.05, 3.63) is 24.2 Å². The Morgan fingerprint density at radius 3 is 2.68 bits per heavy atom. The van der Waals surface area contributed by atoms with Crippen LogP contribution in [-0.4, -0.2) is 42.1 Å². The minimum absolute atomic E-state index is 0.361. The van der Waals surface area contributed by atoms with Gasteiger partial charge in [-0.3, -0.25) is 4.90 Å². The lowest BCUT2D eigenvalue weighted by atomic mass is 10.1. The van der Waals surface area contributed by atoms with Gasteiger partial charge in [-0.05, 0) is 49.6 Å². The Morgan fingerprint density at radius 2 is 2.11 bits per heavy atom. The summed E-state index contributed by atoms with van der Waals surface area (Å²) < 4.78 is 5.63. The van der Waals surface area contributed by atoms with Gasteiger partial charge in [0.1, 0.15) is 5.76 Å². The van der Waals surface area contributed by atoms with Gasteiger partial charge < -0.3 is 9.73 Å². The molecule has 0 radical (unpaired) electrons. The van der Waals surface area contributed by atoms with Gasteiger partial charge in [0, 0.05) is 12.6 Å². The summed E-state index contributed by atoms with van der Waals surface area (Å²) in [6, 6.07) is 5.14. The summed E-state index contributed by atoms with van der Waals surface area (Å²) in [6.07, 6.45) is 4.38. The van der Waals surface area contributed by atoms with Crippen LogP contribution in [0, 0.1) is 0 Å². The van der Waals surface area contributed by atoms with Crippen LogP contribution in [0.2, 0.25) is 0 Å². The molecule has 108 valence electrons. The van der Waals surface area contributed by atoms with Crippen LogP contribution < -0.4 is 5.32 Å². The van der Waals surface area contributed by atoms with Crippen molar-refractivity contribution < 1.29 is 4.42 Å². The highest BCUT2D eigenvalue weighted by molar-refractivity contribution is 7.99. The molecular weight excluding hydrogens is 256 g/mol. The number of furan rings is 1. The van der Waals surface area contributed by atoms with Crippen LogP contribution in [0.5, 0.6) is 0 Å². The molecule has 0 bridgehead atoms. The molecule has 1 saturated heterocycles. The largest absolute Gasteiger partial charge is 0.468 e. The number of thioether (sulfide) groups is 1. The van der Waals surface area contributed by atoms with Crippen molar-refractivity contribution >= 4 is 11.8 Å². The molecule has 1 atom stereocenters. The van der Waals surface area contributed by atoms with E-state index < -0.39 is 0 Å². The lowest BCUT2D eigenvalue weighted by Crippen LogP contribution is -2.41. The standard InChI is InChI=1S/C15H26N2OS/c1-3-17(4-2)14(15-6-5-9-18-15)12-16-13-7-10-19-11-8-13/h5-6,9,13-14,16H,3-4,7-8,10-12H2,1-2H3. The molecule has 0 saturated carbocycles. The van der Waals surface area contributed by atoms with E-state index >= 15 is 0 Å². The van der Waals surface area contributed by atoms with Crippen molar-refractivity contribution in [2.75, 3.05) is 31.1 Å². The first-order valence-electron chi connectivity index (χ1n) is 7.43. The van der Waals surface area contributed by atoms with Crippen molar-refractivity contribution in [2.24, 2.45) is 0 Å². The van der Waals surface area contributed by atoms with Crippen LogP contribution in [0.3, 0.4) is 0 Å². The lowest BCUT2D eigenvalue weighted by molar-refractivity contribution is 0.183. The Bertz CT molecular complexity index is 332. The zero-order valence-electron chi connectivity index (χ0n) is 12.1. The smallest absolute Gasteiger partial charge is 0.122 e. The highest BCUT2D eigenvalue weighted by atomic mass is 32.2. The van der Waals surface area contributed by atoms with Gasteiger partial charge >= 0.3 is 0 Å². The van der Waals surface area contributed by atoms with E-state index in [1.165, 1.54) is 24.3 Å². The summed E-state index contributed by atoms with van der Waals surface area (Å²) in [6.45, 7) is 7.55. The molecule has 2 rings (SSSR count). The second-order valence-corrected chi connectivity index (χ2v) is 6.27. The molecule has 1 unspecified atom stereocenters. The molecule has 1 aliphatic heterocycles. The molecule has 1 N–H and O–H groups in total. The van der Waals surface area contributed by atoms with Crippen molar-refractivity contribution in [1.29, 1.82) is 0 Å². The van der Waals surface area contributed by atoms with Gasteiger partial charge in [0.15, 0.2) is 0 Å². The highest BCUT2D eigenvalue weighted by Crippen LogP contribution is 2.22. The normalized spacial score (nSPS) is 18.9. The highest BCUT2D eigenvalue weighted by Gasteiger charge is 2.22. The fourth-order valence-electron chi connectivity index (χ4n) is 2.73. The van der Waals surface area contributed by atoms with E-state index in [1.54, 1.807) is 6.26 Å². The van der Waals surface area contributed by atoms with Gasteiger partial charge in [0.2, 0.25) is 0 Å². The number of nitrogens with zero attached hydrogens (tertiary/aromatic N) is 1. The van der Waals surface area contributed by atoms with Crippen LogP contribution in [0.25, 0.3) is 0 Å². The molecule has 1 aromatic heterocycles. The molecule has 2 heterocycles. The van der Waals surface area contributed by atoms with Crippen LogP contribution >= 0.6 is 11.8 Å². The van der Waals surface area contributed by atoms with E-state index in [9.17, 15) is 0 Å². The van der Waals surface area contributed by atoms with Gasteiger partial charge in [-0.2, -0.15) is 11.8 Å². The van der Waals surface area contributed by atoms with Gasteiger partial charge in [-0.1, -0.05) is 13.8 Å². The maximum absolute atomic E-state index is 5.63. The van der Waals surface area contributed by atoms with Gasteiger partial charge in [-0.25, -0.2) is 0 Å². The Labute approximate surface area is 121 Å². The molecule has 0 amide bonds. The van der Waals surface area contributed by atoms with Crippen molar-refractivity contribution in [3.63, 3.8) is 0 Å². The van der Waals surface area contributed by atoms with Gasteiger partial charge in [0.05, 0.1) is 12.3 Å². The first kappa shape index (κ1) is 14.9. The average Bonchev–Trinajstić information content (AvgIpc) is 2.98. The molecule has 0 aliphatic carbocycles. The topological polar surface area (TPSA) is 28.4 Å². The monoisotopic (exact) mass is 282 g/mol. The van der Waals surface area contributed by atoms with E-state index in [0.29, 0.717) is 12.1 Å². The van der Waals surface area contributed by atoms with E-state index in [1.807, 2.05) is 6.07 Å². The van der Waals surface area contributed by atoms with E-state index in [2.05, 4.69) is 41.9 Å². The first-order chi connectivity index (χ1) is 9.35. The molecule has 1 aromatic rings. The third-order valence-electron chi connectivity index (χ3n) is 3.95. The molecule has 3 nitrogen and oxygen atoms in total.